The zero-order valence-electron chi connectivity index (χ0n) is 36.8. The molecule has 7 aromatic carbocycles. The summed E-state index contributed by atoms with van der Waals surface area (Å²) in [6, 6.07) is 73.0. The highest BCUT2D eigenvalue weighted by Gasteiger charge is 2.41. The lowest BCUT2D eigenvalue weighted by atomic mass is 9.61. The quantitative estimate of drug-likeness (QED) is 0.151. The van der Waals surface area contributed by atoms with E-state index in [1.54, 1.807) is 0 Å². The molecule has 0 saturated carbocycles. The van der Waals surface area contributed by atoms with Crippen LogP contribution in [0.2, 0.25) is 0 Å². The third-order valence-electron chi connectivity index (χ3n) is 13.5. The molecule has 3 aliphatic rings. The maximum absolute atomic E-state index is 5.29. The summed E-state index contributed by atoms with van der Waals surface area (Å²) < 4.78 is 0. The van der Waals surface area contributed by atoms with Gasteiger partial charge < -0.3 is 0 Å². The van der Waals surface area contributed by atoms with Gasteiger partial charge in [-0.05, 0) is 104 Å². The predicted molar refractivity (Wildman–Crippen MR) is 271 cm³/mol. The van der Waals surface area contributed by atoms with Crippen molar-refractivity contribution in [2.24, 2.45) is 0 Å². The van der Waals surface area contributed by atoms with Gasteiger partial charge in [0.05, 0.1) is 22.8 Å². The Morgan fingerprint density at radius 2 is 0.515 bits per heavy atom. The molecule has 318 valence electrons. The summed E-state index contributed by atoms with van der Waals surface area (Å²) in [5.41, 5.74) is 22.1. The minimum atomic E-state index is 0.0405. The molecule has 0 radical (unpaired) electrons. The maximum Gasteiger partial charge on any atom is 0.160 e. The highest BCUT2D eigenvalue weighted by Crippen LogP contribution is 2.56. The zero-order valence-corrected chi connectivity index (χ0v) is 36.8. The lowest BCUT2D eigenvalue weighted by Gasteiger charge is -2.42. The van der Waals surface area contributed by atoms with E-state index < -0.39 is 0 Å². The molecule has 6 heteroatoms. The van der Waals surface area contributed by atoms with Crippen molar-refractivity contribution in [3.8, 4) is 90.1 Å². The smallest absolute Gasteiger partial charge is 0.160 e. The SMILES string of the molecule is c1ccc(-c2cc(-c3ccc(-c4ccncc4)cc3)nc(-c3ccc4c(c3)C3c5ccccc5C4c4cc(-c5nc(-c6ccccc6)cc(-c6ccc(-c7ccncc7)cc6)n5)ccc43)n2)cc1. The van der Waals surface area contributed by atoms with Gasteiger partial charge in [-0.25, -0.2) is 19.9 Å². The Bertz CT molecular complexity index is 3410. The summed E-state index contributed by atoms with van der Waals surface area (Å²) in [7, 11) is 0. The average Bonchev–Trinajstić information content (AvgIpc) is 3.43. The molecule has 0 fully saturated rings. The summed E-state index contributed by atoms with van der Waals surface area (Å²) >= 11 is 0. The molecule has 0 saturated heterocycles. The third-order valence-corrected chi connectivity index (χ3v) is 13.5. The molecule has 3 aliphatic carbocycles. The van der Waals surface area contributed by atoms with Crippen LogP contribution in [0.4, 0.5) is 0 Å². The second-order valence-electron chi connectivity index (χ2n) is 17.5. The van der Waals surface area contributed by atoms with Crippen LogP contribution in [0.15, 0.2) is 231 Å². The summed E-state index contributed by atoms with van der Waals surface area (Å²) in [6.07, 6.45) is 7.31. The largest absolute Gasteiger partial charge is 0.265 e. The van der Waals surface area contributed by atoms with Crippen LogP contribution in [0, 0.1) is 0 Å². The van der Waals surface area contributed by atoms with Crippen molar-refractivity contribution in [1.82, 2.24) is 29.9 Å². The van der Waals surface area contributed by atoms with E-state index in [1.807, 2.05) is 61.2 Å². The Labute approximate surface area is 394 Å². The molecular formula is C62H40N6. The Kier molecular flexibility index (Phi) is 9.53. The molecule has 2 bridgehead atoms. The minimum absolute atomic E-state index is 0.0405. The monoisotopic (exact) mass is 868 g/mol. The fraction of sp³-hybridized carbons (Fsp3) is 0.0323. The highest BCUT2D eigenvalue weighted by atomic mass is 14.9. The van der Waals surface area contributed by atoms with Crippen LogP contribution in [-0.2, 0) is 0 Å². The van der Waals surface area contributed by atoms with Gasteiger partial charge in [-0.1, -0.05) is 158 Å². The van der Waals surface area contributed by atoms with Crippen molar-refractivity contribution in [3.05, 3.63) is 264 Å². The number of pyridine rings is 2. The van der Waals surface area contributed by atoms with Crippen LogP contribution in [0.25, 0.3) is 90.1 Å². The Morgan fingerprint density at radius 3 is 0.897 bits per heavy atom. The van der Waals surface area contributed by atoms with Crippen LogP contribution in [0.3, 0.4) is 0 Å². The fourth-order valence-electron chi connectivity index (χ4n) is 10.2. The lowest BCUT2D eigenvalue weighted by Crippen LogP contribution is -2.27. The molecule has 0 amide bonds. The molecule has 11 aromatic rings. The van der Waals surface area contributed by atoms with Gasteiger partial charge >= 0.3 is 0 Å². The maximum atomic E-state index is 5.29. The minimum Gasteiger partial charge on any atom is -0.265 e. The molecule has 6 nitrogen and oxygen atoms in total. The summed E-state index contributed by atoms with van der Waals surface area (Å²) in [6.45, 7) is 0. The standard InChI is InChI=1S/C62H40N6/c1-3-9-43(10-4-1)55-37-57(45-19-15-39(16-20-45)41-27-31-63-32-28-41)67-61(65-55)47-23-25-51-53(35-47)59-49-13-7-8-14-50(49)60(51)54-36-48(24-26-52(54)59)62-66-56(44-11-5-2-6-12-44)38-58(68-62)46-21-17-40(18-22-46)42-29-33-64-34-30-42/h1-38,59-60H. The van der Waals surface area contributed by atoms with E-state index in [4.69, 9.17) is 19.9 Å². The Morgan fingerprint density at radius 1 is 0.221 bits per heavy atom. The van der Waals surface area contributed by atoms with E-state index in [9.17, 15) is 0 Å². The van der Waals surface area contributed by atoms with E-state index in [-0.39, 0.29) is 11.8 Å². The van der Waals surface area contributed by atoms with Crippen molar-refractivity contribution in [1.29, 1.82) is 0 Å². The van der Waals surface area contributed by atoms with E-state index in [0.717, 1.165) is 78.4 Å². The van der Waals surface area contributed by atoms with Crippen molar-refractivity contribution < 1.29 is 0 Å². The van der Waals surface area contributed by atoms with Gasteiger partial charge in [-0.3, -0.25) is 9.97 Å². The second kappa shape index (κ2) is 16.5. The van der Waals surface area contributed by atoms with Gasteiger partial charge in [0.15, 0.2) is 11.6 Å². The molecule has 2 atom stereocenters. The first kappa shape index (κ1) is 39.4. The van der Waals surface area contributed by atoms with Crippen molar-refractivity contribution in [2.75, 3.05) is 0 Å². The van der Waals surface area contributed by atoms with Crippen LogP contribution >= 0.6 is 0 Å². The topological polar surface area (TPSA) is 77.3 Å². The van der Waals surface area contributed by atoms with Gasteiger partial charge in [-0.2, -0.15) is 0 Å². The molecule has 14 rings (SSSR count). The van der Waals surface area contributed by atoms with E-state index in [1.165, 1.54) is 33.4 Å². The van der Waals surface area contributed by atoms with Crippen LogP contribution in [-0.4, -0.2) is 29.9 Å². The molecular weight excluding hydrogens is 829 g/mol. The van der Waals surface area contributed by atoms with Gasteiger partial charge in [0.25, 0.3) is 0 Å². The lowest BCUT2D eigenvalue weighted by molar-refractivity contribution is 0.754. The van der Waals surface area contributed by atoms with Crippen LogP contribution in [0.1, 0.15) is 45.2 Å². The average molecular weight is 869 g/mol. The summed E-state index contributed by atoms with van der Waals surface area (Å²) in [5, 5.41) is 0. The van der Waals surface area contributed by atoms with E-state index in [2.05, 4.69) is 180 Å². The number of nitrogens with zero attached hydrogens (tertiary/aromatic N) is 6. The van der Waals surface area contributed by atoms with Crippen molar-refractivity contribution in [2.45, 2.75) is 11.8 Å². The van der Waals surface area contributed by atoms with Crippen LogP contribution < -0.4 is 0 Å². The molecule has 2 unspecified atom stereocenters. The molecule has 68 heavy (non-hydrogen) atoms. The van der Waals surface area contributed by atoms with Crippen molar-refractivity contribution in [3.63, 3.8) is 0 Å². The number of hydrogen-bond donors (Lipinski definition) is 0. The number of aromatic nitrogens is 6. The summed E-state index contributed by atoms with van der Waals surface area (Å²) in [5.74, 6) is 1.48. The van der Waals surface area contributed by atoms with Gasteiger partial charge in [-0.15, -0.1) is 0 Å². The van der Waals surface area contributed by atoms with Crippen molar-refractivity contribution >= 4 is 0 Å². The van der Waals surface area contributed by atoms with E-state index >= 15 is 0 Å². The molecule has 0 N–H and O–H groups in total. The predicted octanol–water partition coefficient (Wildman–Crippen LogP) is 14.4. The first-order valence-electron chi connectivity index (χ1n) is 23.0. The third kappa shape index (κ3) is 6.98. The fourth-order valence-corrected chi connectivity index (χ4v) is 10.2. The number of rotatable bonds is 8. The first-order chi connectivity index (χ1) is 33.7. The normalized spacial score (nSPS) is 14.2. The number of hydrogen-bond acceptors (Lipinski definition) is 6. The molecule has 0 aliphatic heterocycles. The first-order valence-corrected chi connectivity index (χ1v) is 23.0. The number of benzene rings is 7. The Hall–Kier alpha value is -9.00. The highest BCUT2D eigenvalue weighted by molar-refractivity contribution is 5.79. The van der Waals surface area contributed by atoms with Gasteiger partial charge in [0, 0.05) is 70.0 Å². The Balaban J connectivity index is 0.902. The van der Waals surface area contributed by atoms with Gasteiger partial charge in [0.1, 0.15) is 0 Å². The van der Waals surface area contributed by atoms with E-state index in [0.29, 0.717) is 11.6 Å². The van der Waals surface area contributed by atoms with Crippen LogP contribution in [0.5, 0.6) is 0 Å². The summed E-state index contributed by atoms with van der Waals surface area (Å²) in [4.78, 5) is 29.5. The molecule has 4 aromatic heterocycles. The molecule has 4 heterocycles. The zero-order chi connectivity index (χ0) is 45.0. The van der Waals surface area contributed by atoms with Gasteiger partial charge in [0.2, 0.25) is 0 Å². The second-order valence-corrected chi connectivity index (χ2v) is 17.5. The molecule has 0 spiro atoms.